The number of nitrogens with one attached hydrogen (secondary N) is 1. The topological polar surface area (TPSA) is 68.0 Å². The van der Waals surface area contributed by atoms with Crippen LogP contribution in [0.3, 0.4) is 0 Å². The van der Waals surface area contributed by atoms with Gasteiger partial charge in [-0.1, -0.05) is 15.9 Å². The second-order valence-corrected chi connectivity index (χ2v) is 6.08. The molecule has 1 unspecified atom stereocenters. The summed E-state index contributed by atoms with van der Waals surface area (Å²) in [5, 5.41) is 3.69. The Bertz CT molecular complexity index is 699. The predicted octanol–water partition coefficient (Wildman–Crippen LogP) is 2.43. The van der Waals surface area contributed by atoms with E-state index >= 15 is 0 Å². The fourth-order valence-electron chi connectivity index (χ4n) is 2.88. The van der Waals surface area contributed by atoms with Gasteiger partial charge in [0.25, 0.3) is 0 Å². The Kier molecular flexibility index (Phi) is 3.38. The fraction of sp³-hybridized carbons (Fsp3) is 0.333. The van der Waals surface area contributed by atoms with Crippen LogP contribution in [0.5, 0.6) is 0 Å². The highest BCUT2D eigenvalue weighted by Gasteiger charge is 2.27. The number of hydrogen-bond donors (Lipinski definition) is 2. The first-order valence-corrected chi connectivity index (χ1v) is 7.47. The molecule has 0 aliphatic heterocycles. The van der Waals surface area contributed by atoms with Gasteiger partial charge in [-0.15, -0.1) is 0 Å². The molecule has 4 nitrogen and oxygen atoms in total. The van der Waals surface area contributed by atoms with Crippen LogP contribution >= 0.6 is 15.9 Å². The van der Waals surface area contributed by atoms with E-state index in [-0.39, 0.29) is 11.8 Å². The van der Waals surface area contributed by atoms with E-state index in [4.69, 9.17) is 10.7 Å². The first kappa shape index (κ1) is 13.4. The van der Waals surface area contributed by atoms with Crippen molar-refractivity contribution in [1.29, 1.82) is 0 Å². The average Bonchev–Trinajstić information content (AvgIpc) is 2.46. The number of fused-ring (bicyclic) bond motifs is 2. The number of amides is 1. The largest absolute Gasteiger partial charge is 0.398 e. The van der Waals surface area contributed by atoms with Crippen LogP contribution in [0, 0.1) is 5.92 Å². The Morgan fingerprint density at radius 2 is 2.30 bits per heavy atom. The van der Waals surface area contributed by atoms with Crippen LogP contribution in [-0.2, 0) is 17.6 Å². The zero-order valence-electron chi connectivity index (χ0n) is 11.2. The minimum Gasteiger partial charge on any atom is -0.398 e. The van der Waals surface area contributed by atoms with E-state index in [9.17, 15) is 4.79 Å². The summed E-state index contributed by atoms with van der Waals surface area (Å²) >= 11 is 3.46. The standard InChI is InChI=1S/C15H16BrN3O/c1-18-15(20)8-2-5-12-11(6-8)14(17)10-4-3-9(16)7-13(10)19-12/h3-4,7-8H,2,5-6H2,1H3,(H2,17,19)(H,18,20). The molecular weight excluding hydrogens is 318 g/mol. The average molecular weight is 334 g/mol. The molecule has 1 amide bonds. The van der Waals surface area contributed by atoms with Crippen LogP contribution in [0.1, 0.15) is 17.7 Å². The lowest BCUT2D eigenvalue weighted by Gasteiger charge is -2.24. The number of nitrogens with two attached hydrogens (primary N) is 1. The van der Waals surface area contributed by atoms with Crippen molar-refractivity contribution < 1.29 is 4.79 Å². The summed E-state index contributed by atoms with van der Waals surface area (Å²) < 4.78 is 0.996. The molecule has 3 N–H and O–H groups in total. The van der Waals surface area contributed by atoms with Crippen molar-refractivity contribution in [2.24, 2.45) is 5.92 Å². The predicted molar refractivity (Wildman–Crippen MR) is 83.4 cm³/mol. The highest BCUT2D eigenvalue weighted by atomic mass is 79.9. The van der Waals surface area contributed by atoms with Crippen LogP contribution in [0.4, 0.5) is 5.69 Å². The highest BCUT2D eigenvalue weighted by molar-refractivity contribution is 9.10. The second kappa shape index (κ2) is 5.05. The van der Waals surface area contributed by atoms with Crippen molar-refractivity contribution in [3.05, 3.63) is 33.9 Å². The molecule has 0 saturated carbocycles. The lowest BCUT2D eigenvalue weighted by molar-refractivity contribution is -0.124. The molecule has 1 aromatic heterocycles. The number of carbonyl (C=O) groups is 1. The second-order valence-electron chi connectivity index (χ2n) is 5.17. The van der Waals surface area contributed by atoms with Crippen molar-refractivity contribution in [1.82, 2.24) is 10.3 Å². The summed E-state index contributed by atoms with van der Waals surface area (Å²) in [7, 11) is 1.68. The van der Waals surface area contributed by atoms with Gasteiger partial charge in [0.2, 0.25) is 5.91 Å². The van der Waals surface area contributed by atoms with Crippen LogP contribution in [0.2, 0.25) is 0 Å². The maximum atomic E-state index is 11.8. The Morgan fingerprint density at radius 1 is 1.50 bits per heavy atom. The number of halogens is 1. The van der Waals surface area contributed by atoms with Crippen LogP contribution < -0.4 is 11.1 Å². The molecule has 0 bridgehead atoms. The first-order chi connectivity index (χ1) is 9.60. The minimum atomic E-state index is 0.00417. The molecule has 1 aliphatic rings. The van der Waals surface area contributed by atoms with Gasteiger partial charge in [0.05, 0.1) is 5.52 Å². The fourth-order valence-corrected chi connectivity index (χ4v) is 3.23. The Balaban J connectivity index is 2.10. The lowest BCUT2D eigenvalue weighted by Crippen LogP contribution is -2.32. The van der Waals surface area contributed by atoms with Crippen LogP contribution in [0.15, 0.2) is 22.7 Å². The summed E-state index contributed by atoms with van der Waals surface area (Å²) in [6.07, 6.45) is 2.32. The molecule has 1 aliphatic carbocycles. The number of aryl methyl sites for hydroxylation is 1. The van der Waals surface area contributed by atoms with Gasteiger partial charge in [0.15, 0.2) is 0 Å². The van der Waals surface area contributed by atoms with E-state index in [2.05, 4.69) is 21.2 Å². The molecular formula is C15H16BrN3O. The number of aromatic nitrogens is 1. The number of nitrogen functional groups attached to an aromatic ring is 1. The van der Waals surface area contributed by atoms with Crippen molar-refractivity contribution in [2.45, 2.75) is 19.3 Å². The van der Waals surface area contributed by atoms with Gasteiger partial charge >= 0.3 is 0 Å². The number of nitrogens with zero attached hydrogens (tertiary/aromatic N) is 1. The molecule has 0 fully saturated rings. The van der Waals surface area contributed by atoms with E-state index in [1.54, 1.807) is 7.05 Å². The SMILES string of the molecule is CNC(=O)C1CCc2nc3cc(Br)ccc3c(N)c2C1. The number of anilines is 1. The molecule has 5 heteroatoms. The molecule has 1 aromatic carbocycles. The molecule has 0 saturated heterocycles. The minimum absolute atomic E-state index is 0.00417. The summed E-state index contributed by atoms with van der Waals surface area (Å²) in [6.45, 7) is 0. The molecule has 1 atom stereocenters. The maximum Gasteiger partial charge on any atom is 0.223 e. The molecule has 2 aromatic rings. The number of pyridine rings is 1. The Labute approximate surface area is 125 Å². The smallest absolute Gasteiger partial charge is 0.223 e. The van der Waals surface area contributed by atoms with E-state index in [0.29, 0.717) is 6.42 Å². The van der Waals surface area contributed by atoms with E-state index in [1.807, 2.05) is 18.2 Å². The van der Waals surface area contributed by atoms with Crippen LogP contribution in [-0.4, -0.2) is 17.9 Å². The number of hydrogen-bond acceptors (Lipinski definition) is 3. The molecule has 104 valence electrons. The molecule has 3 rings (SSSR count). The number of benzene rings is 1. The van der Waals surface area contributed by atoms with Crippen LogP contribution in [0.25, 0.3) is 10.9 Å². The van der Waals surface area contributed by atoms with E-state index < -0.39 is 0 Å². The molecule has 20 heavy (non-hydrogen) atoms. The monoisotopic (exact) mass is 333 g/mol. The quantitative estimate of drug-likeness (QED) is 0.842. The Morgan fingerprint density at radius 3 is 3.05 bits per heavy atom. The number of carbonyl (C=O) groups excluding carboxylic acids is 1. The first-order valence-electron chi connectivity index (χ1n) is 6.68. The van der Waals surface area contributed by atoms with Gasteiger partial charge in [0, 0.05) is 34.2 Å². The summed E-state index contributed by atoms with van der Waals surface area (Å²) in [6, 6.07) is 5.92. The number of rotatable bonds is 1. The molecule has 0 spiro atoms. The van der Waals surface area contributed by atoms with Crippen molar-refractivity contribution in [3.8, 4) is 0 Å². The third-order valence-corrected chi connectivity index (χ3v) is 4.47. The van der Waals surface area contributed by atoms with Gasteiger partial charge in [0.1, 0.15) is 0 Å². The van der Waals surface area contributed by atoms with Gasteiger partial charge < -0.3 is 11.1 Å². The summed E-state index contributed by atoms with van der Waals surface area (Å²) in [4.78, 5) is 16.5. The highest BCUT2D eigenvalue weighted by Crippen LogP contribution is 2.34. The zero-order valence-corrected chi connectivity index (χ0v) is 12.8. The van der Waals surface area contributed by atoms with Gasteiger partial charge in [-0.25, -0.2) is 0 Å². The molecule has 0 radical (unpaired) electrons. The van der Waals surface area contributed by atoms with Crippen molar-refractivity contribution in [2.75, 3.05) is 12.8 Å². The zero-order chi connectivity index (χ0) is 14.3. The Hall–Kier alpha value is -1.62. The van der Waals surface area contributed by atoms with Gasteiger partial charge in [-0.3, -0.25) is 9.78 Å². The third kappa shape index (κ3) is 2.16. The van der Waals surface area contributed by atoms with Gasteiger partial charge in [-0.05, 0) is 43.0 Å². The third-order valence-electron chi connectivity index (χ3n) is 3.98. The lowest BCUT2D eigenvalue weighted by atomic mass is 9.84. The van der Waals surface area contributed by atoms with Crippen molar-refractivity contribution >= 4 is 38.4 Å². The van der Waals surface area contributed by atoms with E-state index in [0.717, 1.165) is 45.2 Å². The normalized spacial score (nSPS) is 17.8. The summed E-state index contributed by atoms with van der Waals surface area (Å²) in [5.41, 5.74) is 10.1. The molecule has 1 heterocycles. The van der Waals surface area contributed by atoms with Crippen molar-refractivity contribution in [3.63, 3.8) is 0 Å². The maximum absolute atomic E-state index is 11.8. The van der Waals surface area contributed by atoms with E-state index in [1.165, 1.54) is 0 Å². The van der Waals surface area contributed by atoms with Gasteiger partial charge in [-0.2, -0.15) is 0 Å². The summed E-state index contributed by atoms with van der Waals surface area (Å²) in [5.74, 6) is 0.0930.